The first-order valence-corrected chi connectivity index (χ1v) is 7.19. The standard InChI is InChI=1S/C12H16O5S/c1-4-17-11-7-6-9(18(14,15)5-2)8-10(11)12(13)16-3/h6-8H,4-5H2,1-3H3. The fraction of sp³-hybridized carbons (Fsp3) is 0.417. The maximum atomic E-state index is 11.7. The summed E-state index contributed by atoms with van der Waals surface area (Å²) in [6.45, 7) is 3.70. The Balaban J connectivity index is 3.34. The van der Waals surface area contributed by atoms with Crippen molar-refractivity contribution < 1.29 is 22.7 Å². The molecule has 0 heterocycles. The third kappa shape index (κ3) is 3.01. The van der Waals surface area contributed by atoms with Crippen LogP contribution in [0.1, 0.15) is 24.2 Å². The van der Waals surface area contributed by atoms with Gasteiger partial charge in [-0.15, -0.1) is 0 Å². The molecule has 0 amide bonds. The van der Waals surface area contributed by atoms with Gasteiger partial charge in [0.15, 0.2) is 9.84 Å². The van der Waals surface area contributed by atoms with Crippen LogP contribution in [0.5, 0.6) is 5.75 Å². The average molecular weight is 272 g/mol. The largest absolute Gasteiger partial charge is 0.493 e. The van der Waals surface area contributed by atoms with E-state index in [1.54, 1.807) is 13.8 Å². The maximum Gasteiger partial charge on any atom is 0.341 e. The average Bonchev–Trinajstić information content (AvgIpc) is 2.38. The van der Waals surface area contributed by atoms with Crippen LogP contribution in [0.3, 0.4) is 0 Å². The second kappa shape index (κ2) is 5.86. The van der Waals surface area contributed by atoms with E-state index in [0.29, 0.717) is 12.4 Å². The van der Waals surface area contributed by atoms with Gasteiger partial charge in [0.05, 0.1) is 24.4 Å². The lowest BCUT2D eigenvalue weighted by molar-refractivity contribution is 0.0596. The molecule has 0 radical (unpaired) electrons. The molecule has 0 spiro atoms. The van der Waals surface area contributed by atoms with Crippen LogP contribution in [0.25, 0.3) is 0 Å². The summed E-state index contributed by atoms with van der Waals surface area (Å²) in [6.07, 6.45) is 0. The lowest BCUT2D eigenvalue weighted by Crippen LogP contribution is -2.09. The number of hydrogen-bond donors (Lipinski definition) is 0. The highest BCUT2D eigenvalue weighted by Gasteiger charge is 2.19. The second-order valence-electron chi connectivity index (χ2n) is 3.49. The number of carbonyl (C=O) groups excluding carboxylic acids is 1. The Morgan fingerprint density at radius 2 is 1.94 bits per heavy atom. The lowest BCUT2D eigenvalue weighted by Gasteiger charge is -2.10. The molecule has 18 heavy (non-hydrogen) atoms. The summed E-state index contributed by atoms with van der Waals surface area (Å²) in [4.78, 5) is 11.7. The first-order valence-electron chi connectivity index (χ1n) is 5.54. The number of sulfone groups is 1. The minimum Gasteiger partial charge on any atom is -0.493 e. The summed E-state index contributed by atoms with van der Waals surface area (Å²) in [5.74, 6) is -0.326. The predicted molar refractivity (Wildman–Crippen MR) is 66.7 cm³/mol. The fourth-order valence-corrected chi connectivity index (χ4v) is 2.33. The van der Waals surface area contributed by atoms with Crippen LogP contribution in [0, 0.1) is 0 Å². The molecule has 5 nitrogen and oxygen atoms in total. The van der Waals surface area contributed by atoms with Crippen LogP contribution < -0.4 is 4.74 Å². The molecule has 1 rings (SSSR count). The number of ether oxygens (including phenoxy) is 2. The van der Waals surface area contributed by atoms with Gasteiger partial charge in [-0.3, -0.25) is 0 Å². The summed E-state index contributed by atoms with van der Waals surface area (Å²) in [5, 5.41) is 0. The van der Waals surface area contributed by atoms with Crippen LogP contribution in [-0.4, -0.2) is 33.9 Å². The van der Waals surface area contributed by atoms with Gasteiger partial charge >= 0.3 is 5.97 Å². The molecule has 0 aromatic heterocycles. The van der Waals surface area contributed by atoms with Gasteiger partial charge in [0.1, 0.15) is 11.3 Å². The van der Waals surface area contributed by atoms with E-state index < -0.39 is 15.8 Å². The molecule has 0 bridgehead atoms. The minimum absolute atomic E-state index is 0.0262. The van der Waals surface area contributed by atoms with Crippen LogP contribution >= 0.6 is 0 Å². The van der Waals surface area contributed by atoms with Gasteiger partial charge in [0.25, 0.3) is 0 Å². The molecule has 1 aromatic rings. The van der Waals surface area contributed by atoms with Crippen molar-refractivity contribution in [1.82, 2.24) is 0 Å². The third-order valence-corrected chi connectivity index (χ3v) is 4.13. The molecular formula is C12H16O5S. The van der Waals surface area contributed by atoms with Gasteiger partial charge in [-0.25, -0.2) is 13.2 Å². The first-order chi connectivity index (χ1) is 8.46. The predicted octanol–water partition coefficient (Wildman–Crippen LogP) is 1.67. The van der Waals surface area contributed by atoms with Crippen LogP contribution in [0.15, 0.2) is 23.1 Å². The zero-order valence-corrected chi connectivity index (χ0v) is 11.4. The Bertz CT molecular complexity index is 533. The normalized spacial score (nSPS) is 11.1. The molecule has 0 saturated carbocycles. The summed E-state index contributed by atoms with van der Waals surface area (Å²) < 4.78 is 33.4. The molecule has 0 aliphatic rings. The van der Waals surface area contributed by atoms with Crippen molar-refractivity contribution in [2.75, 3.05) is 19.5 Å². The van der Waals surface area contributed by atoms with E-state index in [4.69, 9.17) is 4.74 Å². The number of benzene rings is 1. The Hall–Kier alpha value is -1.56. The highest BCUT2D eigenvalue weighted by molar-refractivity contribution is 7.91. The van der Waals surface area contributed by atoms with E-state index in [1.807, 2.05) is 0 Å². The molecule has 6 heteroatoms. The van der Waals surface area contributed by atoms with Crippen LogP contribution in [0.2, 0.25) is 0 Å². The summed E-state index contributed by atoms with van der Waals surface area (Å²) in [6, 6.07) is 4.18. The summed E-state index contributed by atoms with van der Waals surface area (Å²) in [7, 11) is -2.12. The SMILES string of the molecule is CCOc1ccc(S(=O)(=O)CC)cc1C(=O)OC. The monoisotopic (exact) mass is 272 g/mol. The second-order valence-corrected chi connectivity index (χ2v) is 5.76. The molecule has 0 aliphatic heterocycles. The zero-order chi connectivity index (χ0) is 13.8. The van der Waals surface area contributed by atoms with Gasteiger partial charge in [-0.05, 0) is 25.1 Å². The van der Waals surface area contributed by atoms with Crippen molar-refractivity contribution in [2.45, 2.75) is 18.7 Å². The maximum absolute atomic E-state index is 11.7. The Morgan fingerprint density at radius 3 is 2.44 bits per heavy atom. The smallest absolute Gasteiger partial charge is 0.341 e. The topological polar surface area (TPSA) is 69.7 Å². The van der Waals surface area contributed by atoms with Crippen LogP contribution in [0.4, 0.5) is 0 Å². The molecule has 100 valence electrons. The third-order valence-electron chi connectivity index (χ3n) is 2.40. The van der Waals surface area contributed by atoms with Crippen molar-refractivity contribution in [3.05, 3.63) is 23.8 Å². The summed E-state index contributed by atoms with van der Waals surface area (Å²) in [5.41, 5.74) is 0.119. The first kappa shape index (κ1) is 14.5. The Kier molecular flexibility index (Phi) is 4.72. The molecule has 0 atom stereocenters. The molecule has 0 fully saturated rings. The van der Waals surface area contributed by atoms with E-state index in [9.17, 15) is 13.2 Å². The number of methoxy groups -OCH3 is 1. The Labute approximate surface area is 107 Å². The van der Waals surface area contributed by atoms with Gasteiger partial charge in [-0.2, -0.15) is 0 Å². The molecule has 0 unspecified atom stereocenters. The van der Waals surface area contributed by atoms with Crippen LogP contribution in [-0.2, 0) is 14.6 Å². The number of carbonyl (C=O) groups is 1. The Morgan fingerprint density at radius 1 is 1.28 bits per heavy atom. The fourth-order valence-electron chi connectivity index (χ4n) is 1.42. The van der Waals surface area contributed by atoms with Gasteiger partial charge in [0, 0.05) is 0 Å². The lowest BCUT2D eigenvalue weighted by atomic mass is 10.2. The highest BCUT2D eigenvalue weighted by Crippen LogP contribution is 2.24. The van der Waals surface area contributed by atoms with Crippen molar-refractivity contribution in [3.63, 3.8) is 0 Å². The van der Waals surface area contributed by atoms with E-state index in [0.717, 1.165) is 0 Å². The molecule has 0 N–H and O–H groups in total. The van der Waals surface area contributed by atoms with E-state index in [2.05, 4.69) is 4.74 Å². The number of esters is 1. The number of rotatable bonds is 5. The van der Waals surface area contributed by atoms with Gasteiger partial charge in [-0.1, -0.05) is 6.92 Å². The summed E-state index contributed by atoms with van der Waals surface area (Å²) >= 11 is 0. The molecular weight excluding hydrogens is 256 g/mol. The quantitative estimate of drug-likeness (QED) is 0.762. The van der Waals surface area contributed by atoms with Crippen molar-refractivity contribution in [1.29, 1.82) is 0 Å². The molecule has 1 aromatic carbocycles. The zero-order valence-electron chi connectivity index (χ0n) is 10.6. The molecule has 0 aliphatic carbocycles. The van der Waals surface area contributed by atoms with Gasteiger partial charge in [0.2, 0.25) is 0 Å². The van der Waals surface area contributed by atoms with Crippen molar-refractivity contribution in [2.24, 2.45) is 0 Å². The van der Waals surface area contributed by atoms with E-state index in [-0.39, 0.29) is 16.2 Å². The minimum atomic E-state index is -3.36. The molecule has 0 saturated heterocycles. The highest BCUT2D eigenvalue weighted by atomic mass is 32.2. The van der Waals surface area contributed by atoms with E-state index in [1.165, 1.54) is 25.3 Å². The van der Waals surface area contributed by atoms with Crippen molar-refractivity contribution >= 4 is 15.8 Å². The van der Waals surface area contributed by atoms with Gasteiger partial charge < -0.3 is 9.47 Å². The van der Waals surface area contributed by atoms with Crippen molar-refractivity contribution in [3.8, 4) is 5.75 Å². The van der Waals surface area contributed by atoms with E-state index >= 15 is 0 Å². The number of hydrogen-bond acceptors (Lipinski definition) is 5.